The highest BCUT2D eigenvalue weighted by Crippen LogP contribution is 2.42. The number of hydrogen-bond acceptors (Lipinski definition) is 4. The Balaban J connectivity index is 2.21. The third kappa shape index (κ3) is 3.53. The molecule has 0 aromatic carbocycles. The maximum atomic E-state index is 6.79. The van der Waals surface area contributed by atoms with Gasteiger partial charge in [-0.3, -0.25) is 15.6 Å². The summed E-state index contributed by atoms with van der Waals surface area (Å²) in [6, 6.07) is 0.900. The zero-order chi connectivity index (χ0) is 18.7. The fourth-order valence-electron chi connectivity index (χ4n) is 5.36. The van der Waals surface area contributed by atoms with Gasteiger partial charge in [0.15, 0.2) is 0 Å². The number of nitrogens with two attached hydrogens (primary N) is 1. The molecule has 0 saturated carbocycles. The Labute approximate surface area is 150 Å². The van der Waals surface area contributed by atoms with Gasteiger partial charge in [0.2, 0.25) is 0 Å². The van der Waals surface area contributed by atoms with Gasteiger partial charge in [0, 0.05) is 34.2 Å². The molecular weight excluding hydrogens is 296 g/mol. The number of hydrazine groups is 1. The third-order valence-corrected chi connectivity index (χ3v) is 7.42. The predicted molar refractivity (Wildman–Crippen MR) is 104 cm³/mol. The largest absolute Gasteiger partial charge is 0.296 e. The van der Waals surface area contributed by atoms with Crippen LogP contribution in [-0.4, -0.2) is 63.1 Å². The Morgan fingerprint density at radius 1 is 0.625 bits per heavy atom. The molecular formula is C20H42N4. The fraction of sp³-hybridized carbons (Fsp3) is 1.00. The second kappa shape index (κ2) is 5.94. The first-order chi connectivity index (χ1) is 10.6. The van der Waals surface area contributed by atoms with Gasteiger partial charge in [-0.2, -0.15) is 0 Å². The first-order valence-corrected chi connectivity index (χ1v) is 9.61. The van der Waals surface area contributed by atoms with Crippen molar-refractivity contribution in [3.05, 3.63) is 0 Å². The summed E-state index contributed by atoms with van der Waals surface area (Å²) in [6.45, 7) is 18.9. The van der Waals surface area contributed by atoms with Crippen LogP contribution in [0.2, 0.25) is 0 Å². The average molecular weight is 339 g/mol. The number of rotatable bonds is 2. The molecule has 2 aliphatic rings. The van der Waals surface area contributed by atoms with E-state index in [1.165, 1.54) is 0 Å². The molecule has 2 aliphatic heterocycles. The summed E-state index contributed by atoms with van der Waals surface area (Å²) < 4.78 is 0. The third-order valence-electron chi connectivity index (χ3n) is 7.42. The zero-order valence-corrected chi connectivity index (χ0v) is 17.9. The minimum atomic E-state index is 0.181. The lowest BCUT2D eigenvalue weighted by atomic mass is 9.74. The van der Waals surface area contributed by atoms with Crippen molar-refractivity contribution in [2.75, 3.05) is 14.1 Å². The van der Waals surface area contributed by atoms with Gasteiger partial charge in [-0.05, 0) is 95.2 Å². The zero-order valence-electron chi connectivity index (χ0n) is 17.9. The van der Waals surface area contributed by atoms with E-state index in [9.17, 15) is 0 Å². The van der Waals surface area contributed by atoms with Gasteiger partial charge in [0.1, 0.15) is 0 Å². The summed E-state index contributed by atoms with van der Waals surface area (Å²) in [4.78, 5) is 5.07. The number of hydrogen-bond donors (Lipinski definition) is 1. The van der Waals surface area contributed by atoms with Crippen LogP contribution in [0.3, 0.4) is 0 Å². The van der Waals surface area contributed by atoms with E-state index in [0.29, 0.717) is 12.1 Å². The topological polar surface area (TPSA) is 35.7 Å². The Hall–Kier alpha value is -0.160. The molecule has 2 fully saturated rings. The van der Waals surface area contributed by atoms with Gasteiger partial charge in [-0.25, -0.2) is 5.01 Å². The van der Waals surface area contributed by atoms with Crippen molar-refractivity contribution in [2.24, 2.45) is 5.84 Å². The van der Waals surface area contributed by atoms with Gasteiger partial charge in [-0.15, -0.1) is 0 Å². The SMILES string of the molecule is CN1C(C)(C)CC(N(N)C2CC(C)(C)N(C)C(C)(C)C2)CC1(C)C. The van der Waals surface area contributed by atoms with Crippen molar-refractivity contribution in [2.45, 2.75) is 115 Å². The van der Waals surface area contributed by atoms with E-state index < -0.39 is 0 Å². The summed E-state index contributed by atoms with van der Waals surface area (Å²) in [7, 11) is 4.53. The molecule has 2 heterocycles. The molecule has 0 spiro atoms. The summed E-state index contributed by atoms with van der Waals surface area (Å²) in [5, 5.41) is 2.24. The number of piperidine rings is 2. The molecule has 0 amide bonds. The molecule has 4 heteroatoms. The highest BCUT2D eigenvalue weighted by atomic mass is 15.5. The minimum Gasteiger partial charge on any atom is -0.296 e. The van der Waals surface area contributed by atoms with Crippen molar-refractivity contribution >= 4 is 0 Å². The Bertz CT molecular complexity index is 388. The lowest BCUT2D eigenvalue weighted by Crippen LogP contribution is -2.68. The molecule has 4 nitrogen and oxygen atoms in total. The molecule has 0 unspecified atom stereocenters. The average Bonchev–Trinajstić information content (AvgIpc) is 2.39. The standard InChI is InChI=1S/C20H42N4/c1-17(2)11-15(12-18(3,4)22(17)9)24(21)16-13-19(5,6)23(10)20(7,8)14-16/h15-16H,11-14,21H2,1-10H3. The highest BCUT2D eigenvalue weighted by Gasteiger charge is 2.49. The molecule has 2 rings (SSSR count). The van der Waals surface area contributed by atoms with Gasteiger partial charge < -0.3 is 0 Å². The predicted octanol–water partition coefficient (Wildman–Crippen LogP) is 3.46. The maximum absolute atomic E-state index is 6.79. The molecule has 0 radical (unpaired) electrons. The summed E-state index contributed by atoms with van der Waals surface area (Å²) in [5.74, 6) is 6.79. The lowest BCUT2D eigenvalue weighted by Gasteiger charge is -2.59. The number of nitrogens with zero attached hydrogens (tertiary/aromatic N) is 3. The van der Waals surface area contributed by atoms with Crippen molar-refractivity contribution in [3.8, 4) is 0 Å². The molecule has 0 aliphatic carbocycles. The molecule has 0 aromatic heterocycles. The van der Waals surface area contributed by atoms with E-state index in [-0.39, 0.29) is 22.2 Å². The van der Waals surface area contributed by atoms with Crippen LogP contribution < -0.4 is 5.84 Å². The molecule has 24 heavy (non-hydrogen) atoms. The van der Waals surface area contributed by atoms with Gasteiger partial charge in [0.05, 0.1) is 0 Å². The summed E-state index contributed by atoms with van der Waals surface area (Å²) >= 11 is 0. The molecule has 2 saturated heterocycles. The van der Waals surface area contributed by atoms with Crippen LogP contribution in [0.4, 0.5) is 0 Å². The summed E-state index contributed by atoms with van der Waals surface area (Å²) in [6.07, 6.45) is 4.54. The van der Waals surface area contributed by atoms with Crippen LogP contribution in [0.1, 0.15) is 81.1 Å². The molecule has 0 aromatic rings. The normalized spacial score (nSPS) is 31.5. The van der Waals surface area contributed by atoms with E-state index in [1.807, 2.05) is 0 Å². The van der Waals surface area contributed by atoms with Crippen molar-refractivity contribution in [1.29, 1.82) is 0 Å². The Morgan fingerprint density at radius 2 is 0.833 bits per heavy atom. The highest BCUT2D eigenvalue weighted by molar-refractivity contribution is 5.05. The fourth-order valence-corrected chi connectivity index (χ4v) is 5.36. The van der Waals surface area contributed by atoms with Gasteiger partial charge >= 0.3 is 0 Å². The second-order valence-corrected chi connectivity index (χ2v) is 10.9. The summed E-state index contributed by atoms with van der Waals surface area (Å²) in [5.41, 5.74) is 0.724. The molecule has 142 valence electrons. The van der Waals surface area contributed by atoms with Crippen LogP contribution in [-0.2, 0) is 0 Å². The van der Waals surface area contributed by atoms with Crippen molar-refractivity contribution < 1.29 is 0 Å². The van der Waals surface area contributed by atoms with E-state index in [2.05, 4.69) is 84.3 Å². The van der Waals surface area contributed by atoms with E-state index in [1.54, 1.807) is 0 Å². The monoisotopic (exact) mass is 338 g/mol. The van der Waals surface area contributed by atoms with E-state index in [0.717, 1.165) is 25.7 Å². The van der Waals surface area contributed by atoms with Crippen molar-refractivity contribution in [1.82, 2.24) is 14.8 Å². The van der Waals surface area contributed by atoms with Gasteiger partial charge in [-0.1, -0.05) is 0 Å². The van der Waals surface area contributed by atoms with Crippen molar-refractivity contribution in [3.63, 3.8) is 0 Å². The first-order valence-electron chi connectivity index (χ1n) is 9.61. The van der Waals surface area contributed by atoms with Gasteiger partial charge in [0.25, 0.3) is 0 Å². The number of likely N-dealkylation sites (tertiary alicyclic amines) is 2. The minimum absolute atomic E-state index is 0.181. The lowest BCUT2D eigenvalue weighted by molar-refractivity contribution is -0.0924. The molecule has 2 N–H and O–H groups in total. The molecule has 0 bridgehead atoms. The second-order valence-electron chi connectivity index (χ2n) is 10.9. The van der Waals surface area contributed by atoms with Crippen LogP contribution in [0.15, 0.2) is 0 Å². The molecule has 0 atom stereocenters. The van der Waals surface area contributed by atoms with E-state index >= 15 is 0 Å². The van der Waals surface area contributed by atoms with Crippen LogP contribution >= 0.6 is 0 Å². The smallest absolute Gasteiger partial charge is 0.0279 e. The Morgan fingerprint density at radius 3 is 1.04 bits per heavy atom. The van der Waals surface area contributed by atoms with Crippen LogP contribution in [0, 0.1) is 0 Å². The van der Waals surface area contributed by atoms with Crippen LogP contribution in [0.25, 0.3) is 0 Å². The van der Waals surface area contributed by atoms with E-state index in [4.69, 9.17) is 5.84 Å². The van der Waals surface area contributed by atoms with Crippen LogP contribution in [0.5, 0.6) is 0 Å². The first kappa shape index (κ1) is 20.2. The Kier molecular flexibility index (Phi) is 4.99. The maximum Gasteiger partial charge on any atom is 0.0279 e. The quantitative estimate of drug-likeness (QED) is 0.618.